The normalized spacial score (nSPS) is 14.9. The summed E-state index contributed by atoms with van der Waals surface area (Å²) >= 11 is 6.97. The van der Waals surface area contributed by atoms with Gasteiger partial charge in [-0.15, -0.1) is 22.9 Å². The predicted octanol–water partition coefficient (Wildman–Crippen LogP) is 2.20. The van der Waals surface area contributed by atoms with Crippen LogP contribution < -0.4 is 5.32 Å². The van der Waals surface area contributed by atoms with Crippen molar-refractivity contribution >= 4 is 34.0 Å². The molecule has 0 saturated heterocycles. The lowest BCUT2D eigenvalue weighted by Crippen LogP contribution is -2.12. The van der Waals surface area contributed by atoms with Gasteiger partial charge in [-0.25, -0.2) is 4.98 Å². The van der Waals surface area contributed by atoms with Gasteiger partial charge >= 0.3 is 0 Å². The van der Waals surface area contributed by atoms with Gasteiger partial charge in [-0.1, -0.05) is 0 Å². The van der Waals surface area contributed by atoms with Crippen molar-refractivity contribution in [2.75, 3.05) is 11.2 Å². The molecule has 5 heteroatoms. The van der Waals surface area contributed by atoms with Crippen LogP contribution in [0.4, 0.5) is 5.13 Å². The summed E-state index contributed by atoms with van der Waals surface area (Å²) in [6, 6.07) is 0. The van der Waals surface area contributed by atoms with E-state index in [2.05, 4.69) is 10.3 Å². The van der Waals surface area contributed by atoms with E-state index in [4.69, 9.17) is 11.6 Å². The number of nitrogens with zero attached hydrogens (tertiary/aromatic N) is 1. The molecule has 3 nitrogen and oxygen atoms in total. The van der Waals surface area contributed by atoms with Crippen LogP contribution in [0.1, 0.15) is 23.4 Å². The topological polar surface area (TPSA) is 42.0 Å². The Balaban J connectivity index is 2.12. The Kier molecular flexibility index (Phi) is 3.03. The molecule has 0 radical (unpaired) electrons. The molecule has 1 aromatic rings. The minimum Gasteiger partial charge on any atom is -0.301 e. The average Bonchev–Trinajstić information content (AvgIpc) is 2.59. The Morgan fingerprint density at radius 3 is 3.00 bits per heavy atom. The van der Waals surface area contributed by atoms with Crippen molar-refractivity contribution in [2.24, 2.45) is 0 Å². The summed E-state index contributed by atoms with van der Waals surface area (Å²) in [4.78, 5) is 16.7. The van der Waals surface area contributed by atoms with Crippen molar-refractivity contribution < 1.29 is 4.79 Å². The van der Waals surface area contributed by atoms with Crippen LogP contribution >= 0.6 is 22.9 Å². The molecule has 14 heavy (non-hydrogen) atoms. The molecule has 0 bridgehead atoms. The zero-order valence-corrected chi connectivity index (χ0v) is 9.25. The smallest absolute Gasteiger partial charge is 0.241 e. The summed E-state index contributed by atoms with van der Waals surface area (Å²) in [5, 5.41) is 3.38. The fourth-order valence-corrected chi connectivity index (χ4v) is 2.69. The average molecular weight is 231 g/mol. The van der Waals surface area contributed by atoms with Gasteiger partial charge in [-0.05, 0) is 25.7 Å². The molecule has 1 N–H and O–H groups in total. The first-order chi connectivity index (χ1) is 6.79. The monoisotopic (exact) mass is 230 g/mol. The molecule has 76 valence electrons. The molecule has 0 saturated carbocycles. The maximum Gasteiger partial charge on any atom is 0.241 e. The van der Waals surface area contributed by atoms with Crippen molar-refractivity contribution in [3.05, 3.63) is 10.6 Å². The number of aromatic nitrogens is 1. The number of halogens is 1. The quantitative estimate of drug-likeness (QED) is 0.792. The van der Waals surface area contributed by atoms with Crippen LogP contribution in [0.25, 0.3) is 0 Å². The van der Waals surface area contributed by atoms with E-state index in [9.17, 15) is 4.79 Å². The van der Waals surface area contributed by atoms with Crippen LogP contribution in [0, 0.1) is 0 Å². The van der Waals surface area contributed by atoms with Crippen molar-refractivity contribution in [3.8, 4) is 0 Å². The first-order valence-electron chi connectivity index (χ1n) is 4.64. The van der Waals surface area contributed by atoms with Crippen molar-refractivity contribution in [3.63, 3.8) is 0 Å². The molecule has 1 aliphatic rings. The predicted molar refractivity (Wildman–Crippen MR) is 58.1 cm³/mol. The summed E-state index contributed by atoms with van der Waals surface area (Å²) in [5.74, 6) is -0.192. The minimum absolute atomic E-state index is 0.00968. The zero-order chi connectivity index (χ0) is 9.97. The number of nitrogens with one attached hydrogen (secondary N) is 1. The Hall–Kier alpha value is -0.610. The van der Waals surface area contributed by atoms with E-state index in [1.807, 2.05) is 0 Å². The molecule has 0 unspecified atom stereocenters. The summed E-state index contributed by atoms with van der Waals surface area (Å²) in [6.45, 7) is 0. The molecule has 0 aliphatic heterocycles. The van der Waals surface area contributed by atoms with E-state index < -0.39 is 0 Å². The van der Waals surface area contributed by atoms with E-state index >= 15 is 0 Å². The van der Waals surface area contributed by atoms with Gasteiger partial charge in [0.15, 0.2) is 5.13 Å². The molecule has 0 spiro atoms. The van der Waals surface area contributed by atoms with E-state index in [0.717, 1.165) is 18.5 Å². The Labute approximate surface area is 91.5 Å². The minimum atomic E-state index is -0.183. The fourth-order valence-electron chi connectivity index (χ4n) is 1.56. The lowest BCUT2D eigenvalue weighted by molar-refractivity contribution is -0.113. The molecular formula is C9H11ClN2OS. The number of hydrogen-bond acceptors (Lipinski definition) is 3. The van der Waals surface area contributed by atoms with E-state index in [1.54, 1.807) is 11.3 Å². The number of amides is 1. The van der Waals surface area contributed by atoms with Gasteiger partial charge in [-0.3, -0.25) is 4.79 Å². The molecule has 0 fully saturated rings. The summed E-state index contributed by atoms with van der Waals surface area (Å²) in [7, 11) is 0. The Bertz CT molecular complexity index is 327. The lowest BCUT2D eigenvalue weighted by atomic mass is 10.0. The summed E-state index contributed by atoms with van der Waals surface area (Å²) in [6.07, 6.45) is 4.59. The van der Waals surface area contributed by atoms with Gasteiger partial charge in [0.25, 0.3) is 0 Å². The highest BCUT2D eigenvalue weighted by atomic mass is 35.5. The molecule has 2 rings (SSSR count). The van der Waals surface area contributed by atoms with E-state index in [0.29, 0.717) is 5.13 Å². The molecule has 1 aromatic heterocycles. The Morgan fingerprint density at radius 2 is 2.29 bits per heavy atom. The third-order valence-electron chi connectivity index (χ3n) is 2.21. The summed E-state index contributed by atoms with van der Waals surface area (Å²) in [5.41, 5.74) is 1.16. The molecule has 1 heterocycles. The van der Waals surface area contributed by atoms with Crippen molar-refractivity contribution in [2.45, 2.75) is 25.7 Å². The number of anilines is 1. The maximum atomic E-state index is 11.0. The number of rotatable bonds is 2. The highest BCUT2D eigenvalue weighted by molar-refractivity contribution is 7.15. The van der Waals surface area contributed by atoms with Crippen LogP contribution in [0.5, 0.6) is 0 Å². The number of carbonyl (C=O) groups is 1. The van der Waals surface area contributed by atoms with Gasteiger partial charge < -0.3 is 5.32 Å². The second-order valence-corrected chi connectivity index (χ2v) is 4.63. The largest absolute Gasteiger partial charge is 0.301 e. The molecule has 0 aromatic carbocycles. The number of aryl methyl sites for hydroxylation is 2. The number of fused-ring (bicyclic) bond motifs is 1. The van der Waals surface area contributed by atoms with E-state index in [1.165, 1.54) is 17.7 Å². The van der Waals surface area contributed by atoms with Crippen LogP contribution in [0.15, 0.2) is 0 Å². The van der Waals surface area contributed by atoms with Crippen LogP contribution in [0.2, 0.25) is 0 Å². The first kappa shape index (κ1) is 9.93. The van der Waals surface area contributed by atoms with Crippen LogP contribution in [-0.2, 0) is 17.6 Å². The summed E-state index contributed by atoms with van der Waals surface area (Å²) < 4.78 is 0. The van der Waals surface area contributed by atoms with Gasteiger partial charge in [0, 0.05) is 4.88 Å². The van der Waals surface area contributed by atoms with Crippen molar-refractivity contribution in [1.82, 2.24) is 4.98 Å². The number of hydrogen-bond donors (Lipinski definition) is 1. The number of alkyl halides is 1. The number of carbonyl (C=O) groups excluding carboxylic acids is 1. The first-order valence-corrected chi connectivity index (χ1v) is 5.99. The maximum absolute atomic E-state index is 11.0. The second kappa shape index (κ2) is 4.28. The second-order valence-electron chi connectivity index (χ2n) is 3.28. The van der Waals surface area contributed by atoms with Gasteiger partial charge in [0.05, 0.1) is 5.69 Å². The highest BCUT2D eigenvalue weighted by Crippen LogP contribution is 2.29. The van der Waals surface area contributed by atoms with Gasteiger partial charge in [-0.2, -0.15) is 0 Å². The van der Waals surface area contributed by atoms with Crippen molar-refractivity contribution in [1.29, 1.82) is 0 Å². The standard InChI is InChI=1S/C9H11ClN2OS/c10-5-8(13)12-9-11-6-3-1-2-4-7(6)14-9/h1-5H2,(H,11,12,13). The molecule has 1 aliphatic carbocycles. The molecule has 1 amide bonds. The number of thiazole rings is 1. The lowest BCUT2D eigenvalue weighted by Gasteiger charge is -2.06. The fraction of sp³-hybridized carbons (Fsp3) is 0.556. The van der Waals surface area contributed by atoms with Gasteiger partial charge in [0.2, 0.25) is 5.91 Å². The van der Waals surface area contributed by atoms with Gasteiger partial charge in [0.1, 0.15) is 5.88 Å². The highest BCUT2D eigenvalue weighted by Gasteiger charge is 2.15. The SMILES string of the molecule is O=C(CCl)Nc1nc2c(s1)CCCC2. The molecule has 0 atom stereocenters. The third-order valence-corrected chi connectivity index (χ3v) is 3.53. The third kappa shape index (κ3) is 2.07. The van der Waals surface area contributed by atoms with Crippen LogP contribution in [0.3, 0.4) is 0 Å². The molecular weight excluding hydrogens is 220 g/mol. The Morgan fingerprint density at radius 1 is 1.50 bits per heavy atom. The zero-order valence-electron chi connectivity index (χ0n) is 7.68. The van der Waals surface area contributed by atoms with Crippen LogP contribution in [-0.4, -0.2) is 16.8 Å². The van der Waals surface area contributed by atoms with E-state index in [-0.39, 0.29) is 11.8 Å².